The normalized spacial score (nSPS) is 36.0. The lowest BCUT2D eigenvalue weighted by Gasteiger charge is -2.34. The molecular formula is C20H37N3O2S. The lowest BCUT2D eigenvalue weighted by molar-refractivity contribution is 0.254. The van der Waals surface area contributed by atoms with Crippen molar-refractivity contribution < 1.29 is 8.42 Å². The molecule has 5 nitrogen and oxygen atoms in total. The Morgan fingerprint density at radius 3 is 2.19 bits per heavy atom. The second-order valence-corrected chi connectivity index (χ2v) is 11.4. The number of guanidine groups is 1. The van der Waals surface area contributed by atoms with E-state index in [0.29, 0.717) is 30.1 Å². The first-order valence-electron chi connectivity index (χ1n) is 10.7. The van der Waals surface area contributed by atoms with E-state index < -0.39 is 9.84 Å². The molecule has 3 atom stereocenters. The van der Waals surface area contributed by atoms with Crippen LogP contribution in [0.5, 0.6) is 0 Å². The summed E-state index contributed by atoms with van der Waals surface area (Å²) in [6.07, 6.45) is 10.9. The van der Waals surface area contributed by atoms with Crippen molar-refractivity contribution in [3.05, 3.63) is 0 Å². The van der Waals surface area contributed by atoms with Crippen molar-refractivity contribution in [3.63, 3.8) is 0 Å². The molecule has 3 unspecified atom stereocenters. The molecule has 1 saturated heterocycles. The van der Waals surface area contributed by atoms with Gasteiger partial charge in [-0.05, 0) is 56.3 Å². The van der Waals surface area contributed by atoms with Crippen LogP contribution in [0.1, 0.15) is 71.6 Å². The average Bonchev–Trinajstić information content (AvgIpc) is 2.92. The van der Waals surface area contributed by atoms with Gasteiger partial charge in [-0.15, -0.1) is 0 Å². The number of rotatable bonds is 4. The molecule has 0 aromatic heterocycles. The highest BCUT2D eigenvalue weighted by Gasteiger charge is 2.28. The minimum Gasteiger partial charge on any atom is -0.354 e. The number of aliphatic imine (C=N–C) groups is 1. The monoisotopic (exact) mass is 383 g/mol. The molecule has 0 spiro atoms. The molecule has 0 aromatic carbocycles. The van der Waals surface area contributed by atoms with E-state index >= 15 is 0 Å². The Labute approximate surface area is 159 Å². The third-order valence-electron chi connectivity index (χ3n) is 6.30. The van der Waals surface area contributed by atoms with Crippen LogP contribution in [-0.4, -0.2) is 44.5 Å². The quantitative estimate of drug-likeness (QED) is 0.578. The molecule has 1 heterocycles. The summed E-state index contributed by atoms with van der Waals surface area (Å²) < 4.78 is 23.4. The molecule has 150 valence electrons. The molecule has 0 bridgehead atoms. The number of hydrogen-bond acceptors (Lipinski definition) is 3. The van der Waals surface area contributed by atoms with Gasteiger partial charge in [-0.3, -0.25) is 4.99 Å². The second kappa shape index (κ2) is 8.94. The Balaban J connectivity index is 1.61. The molecule has 3 rings (SSSR count). The fraction of sp³-hybridized carbons (Fsp3) is 0.950. The van der Waals surface area contributed by atoms with Gasteiger partial charge in [0.25, 0.3) is 0 Å². The fourth-order valence-corrected chi connectivity index (χ4v) is 6.92. The summed E-state index contributed by atoms with van der Waals surface area (Å²) in [6, 6.07) is 0.997. The van der Waals surface area contributed by atoms with Crippen molar-refractivity contribution in [2.45, 2.75) is 83.7 Å². The molecule has 26 heavy (non-hydrogen) atoms. The molecule has 3 fully saturated rings. The van der Waals surface area contributed by atoms with E-state index in [1.165, 1.54) is 51.4 Å². The topological polar surface area (TPSA) is 70.6 Å². The van der Waals surface area contributed by atoms with Gasteiger partial charge in [-0.2, -0.15) is 0 Å². The fourth-order valence-electron chi connectivity index (χ4n) is 5.07. The van der Waals surface area contributed by atoms with Gasteiger partial charge < -0.3 is 10.6 Å². The van der Waals surface area contributed by atoms with Crippen molar-refractivity contribution >= 4 is 15.8 Å². The minimum atomic E-state index is -2.82. The SMILES string of the molecule is CC1CC(C)CC(NC(=NCC2CCS(=O)(=O)C2)NC2CCCCC2)C1. The predicted molar refractivity (Wildman–Crippen MR) is 108 cm³/mol. The second-order valence-electron chi connectivity index (χ2n) is 9.20. The minimum absolute atomic E-state index is 0.189. The van der Waals surface area contributed by atoms with Gasteiger partial charge in [-0.1, -0.05) is 33.1 Å². The molecule has 3 aliphatic rings. The van der Waals surface area contributed by atoms with Crippen molar-refractivity contribution in [1.29, 1.82) is 0 Å². The van der Waals surface area contributed by atoms with Gasteiger partial charge in [-0.25, -0.2) is 8.42 Å². The van der Waals surface area contributed by atoms with E-state index in [4.69, 9.17) is 4.99 Å². The van der Waals surface area contributed by atoms with E-state index in [1.807, 2.05) is 0 Å². The third kappa shape index (κ3) is 6.14. The Bertz CT molecular complexity index is 574. The van der Waals surface area contributed by atoms with Crippen LogP contribution >= 0.6 is 0 Å². The Hall–Kier alpha value is -0.780. The third-order valence-corrected chi connectivity index (χ3v) is 8.14. The molecule has 0 aromatic rings. The highest BCUT2D eigenvalue weighted by Crippen LogP contribution is 2.28. The standard InChI is InChI=1S/C20H37N3O2S/c1-15-10-16(2)12-19(11-15)23-20(22-18-6-4-3-5-7-18)21-13-17-8-9-26(24,25)14-17/h15-19H,3-14H2,1-2H3,(H2,21,22,23). The summed E-state index contributed by atoms with van der Waals surface area (Å²) in [5.74, 6) is 3.27. The number of nitrogens with one attached hydrogen (secondary N) is 2. The van der Waals surface area contributed by atoms with Crippen LogP contribution in [0.2, 0.25) is 0 Å². The summed E-state index contributed by atoms with van der Waals surface area (Å²) >= 11 is 0. The van der Waals surface area contributed by atoms with E-state index in [9.17, 15) is 8.42 Å². The van der Waals surface area contributed by atoms with Crippen LogP contribution < -0.4 is 10.6 Å². The molecule has 1 aliphatic heterocycles. The van der Waals surface area contributed by atoms with E-state index in [-0.39, 0.29) is 5.92 Å². The van der Waals surface area contributed by atoms with E-state index in [0.717, 1.165) is 24.2 Å². The largest absolute Gasteiger partial charge is 0.354 e. The summed E-state index contributed by atoms with van der Waals surface area (Å²) in [5.41, 5.74) is 0. The van der Waals surface area contributed by atoms with Crippen LogP contribution in [0, 0.1) is 17.8 Å². The van der Waals surface area contributed by atoms with Crippen LogP contribution in [0.25, 0.3) is 0 Å². The van der Waals surface area contributed by atoms with Crippen LogP contribution in [-0.2, 0) is 9.84 Å². The first-order valence-corrected chi connectivity index (χ1v) is 12.5. The summed E-state index contributed by atoms with van der Waals surface area (Å²) in [5, 5.41) is 7.37. The van der Waals surface area contributed by atoms with Gasteiger partial charge in [0.15, 0.2) is 15.8 Å². The zero-order chi connectivity index (χ0) is 18.6. The van der Waals surface area contributed by atoms with Crippen molar-refractivity contribution in [1.82, 2.24) is 10.6 Å². The van der Waals surface area contributed by atoms with Crippen molar-refractivity contribution in [2.24, 2.45) is 22.7 Å². The lowest BCUT2D eigenvalue weighted by atomic mass is 9.80. The molecule has 2 aliphatic carbocycles. The maximum atomic E-state index is 11.7. The van der Waals surface area contributed by atoms with Crippen LogP contribution in [0.4, 0.5) is 0 Å². The maximum Gasteiger partial charge on any atom is 0.191 e. The maximum absolute atomic E-state index is 11.7. The lowest BCUT2D eigenvalue weighted by Crippen LogP contribution is -2.50. The highest BCUT2D eigenvalue weighted by atomic mass is 32.2. The molecule has 2 saturated carbocycles. The first kappa shape index (κ1) is 20.0. The van der Waals surface area contributed by atoms with Gasteiger partial charge in [0.2, 0.25) is 0 Å². The molecule has 2 N–H and O–H groups in total. The molecule has 6 heteroatoms. The zero-order valence-corrected chi connectivity index (χ0v) is 17.4. The molecular weight excluding hydrogens is 346 g/mol. The van der Waals surface area contributed by atoms with Crippen molar-refractivity contribution in [3.8, 4) is 0 Å². The van der Waals surface area contributed by atoms with Crippen LogP contribution in [0.15, 0.2) is 4.99 Å². The van der Waals surface area contributed by atoms with Gasteiger partial charge in [0.1, 0.15) is 0 Å². The van der Waals surface area contributed by atoms with E-state index in [1.54, 1.807) is 0 Å². The predicted octanol–water partition coefficient (Wildman–Crippen LogP) is 3.11. The summed E-state index contributed by atoms with van der Waals surface area (Å²) in [7, 11) is -2.82. The molecule has 0 radical (unpaired) electrons. The number of hydrogen-bond donors (Lipinski definition) is 2. The smallest absolute Gasteiger partial charge is 0.191 e. The Kier molecular flexibility index (Phi) is 6.87. The first-order chi connectivity index (χ1) is 12.4. The van der Waals surface area contributed by atoms with E-state index in [2.05, 4.69) is 24.5 Å². The zero-order valence-electron chi connectivity index (χ0n) is 16.5. The molecule has 0 amide bonds. The summed E-state index contributed by atoms with van der Waals surface area (Å²) in [6.45, 7) is 5.32. The van der Waals surface area contributed by atoms with Crippen LogP contribution in [0.3, 0.4) is 0 Å². The Morgan fingerprint density at radius 1 is 0.923 bits per heavy atom. The summed E-state index contributed by atoms with van der Waals surface area (Å²) in [4.78, 5) is 4.84. The van der Waals surface area contributed by atoms with Crippen molar-refractivity contribution in [2.75, 3.05) is 18.1 Å². The highest BCUT2D eigenvalue weighted by molar-refractivity contribution is 7.91. The number of sulfone groups is 1. The van der Waals surface area contributed by atoms with Gasteiger partial charge in [0, 0.05) is 18.6 Å². The average molecular weight is 384 g/mol. The Morgan fingerprint density at radius 2 is 1.58 bits per heavy atom. The number of nitrogens with zero attached hydrogens (tertiary/aromatic N) is 1. The van der Waals surface area contributed by atoms with Gasteiger partial charge in [0.05, 0.1) is 11.5 Å². The van der Waals surface area contributed by atoms with Gasteiger partial charge >= 0.3 is 0 Å².